The molecule has 2 aromatic carbocycles. The first-order valence-electron chi connectivity index (χ1n) is 6.00. The minimum absolute atomic E-state index is 0.0326. The summed E-state index contributed by atoms with van der Waals surface area (Å²) < 4.78 is 5.71. The van der Waals surface area contributed by atoms with Crippen molar-refractivity contribution in [2.24, 2.45) is 0 Å². The van der Waals surface area contributed by atoms with Crippen LogP contribution in [0, 0.1) is 24.0 Å². The van der Waals surface area contributed by atoms with Crippen molar-refractivity contribution >= 4 is 12.0 Å². The van der Waals surface area contributed by atoms with Crippen LogP contribution in [0.1, 0.15) is 21.5 Å². The second-order valence-corrected chi connectivity index (χ2v) is 4.45. The number of carbonyl (C=O) groups excluding carboxylic acids is 1. The van der Waals surface area contributed by atoms with E-state index in [1.54, 1.807) is 31.2 Å². The largest absolute Gasteiger partial charge is 0.457 e. The number of nitro benzene ring substituents is 1. The summed E-state index contributed by atoms with van der Waals surface area (Å²) in [6.45, 7) is 3.65. The van der Waals surface area contributed by atoms with Crippen molar-refractivity contribution in [1.82, 2.24) is 0 Å². The molecule has 0 aliphatic rings. The zero-order chi connectivity index (χ0) is 14.7. The molecule has 0 amide bonds. The van der Waals surface area contributed by atoms with Crippen LogP contribution < -0.4 is 4.74 Å². The molecule has 20 heavy (non-hydrogen) atoms. The van der Waals surface area contributed by atoms with Crippen molar-refractivity contribution < 1.29 is 14.5 Å². The minimum atomic E-state index is -0.471. The van der Waals surface area contributed by atoms with Gasteiger partial charge < -0.3 is 4.74 Å². The van der Waals surface area contributed by atoms with E-state index in [9.17, 15) is 14.9 Å². The quantitative estimate of drug-likeness (QED) is 0.481. The maximum absolute atomic E-state index is 10.8. The lowest BCUT2D eigenvalue weighted by Crippen LogP contribution is -1.94. The SMILES string of the molecule is Cc1ccc(C=O)cc1Oc1cc([N+](=O)[O-])ccc1C. The highest BCUT2D eigenvalue weighted by Crippen LogP contribution is 2.31. The van der Waals surface area contributed by atoms with Gasteiger partial charge in [-0.05, 0) is 37.1 Å². The van der Waals surface area contributed by atoms with Crippen molar-refractivity contribution in [3.63, 3.8) is 0 Å². The topological polar surface area (TPSA) is 69.4 Å². The van der Waals surface area contributed by atoms with Gasteiger partial charge in [-0.15, -0.1) is 0 Å². The van der Waals surface area contributed by atoms with E-state index in [0.717, 1.165) is 17.4 Å². The number of hydrogen-bond donors (Lipinski definition) is 0. The lowest BCUT2D eigenvalue weighted by molar-refractivity contribution is -0.384. The first-order valence-corrected chi connectivity index (χ1v) is 6.00. The van der Waals surface area contributed by atoms with Gasteiger partial charge in [-0.3, -0.25) is 14.9 Å². The van der Waals surface area contributed by atoms with Crippen LogP contribution in [0.3, 0.4) is 0 Å². The average Bonchev–Trinajstić information content (AvgIpc) is 2.43. The Hall–Kier alpha value is -2.69. The maximum Gasteiger partial charge on any atom is 0.273 e. The third-order valence-corrected chi connectivity index (χ3v) is 2.95. The molecule has 0 spiro atoms. The van der Waals surface area contributed by atoms with Crippen LogP contribution in [0.5, 0.6) is 11.5 Å². The molecular formula is C15H13NO4. The molecule has 5 heteroatoms. The normalized spacial score (nSPS) is 10.1. The molecule has 2 aromatic rings. The number of nitro groups is 1. The number of aryl methyl sites for hydroxylation is 2. The molecule has 0 bridgehead atoms. The highest BCUT2D eigenvalue weighted by molar-refractivity contribution is 5.76. The standard InChI is InChI=1S/C15H13NO4/c1-10-3-5-12(9-17)7-14(10)20-15-8-13(16(18)19)6-4-11(15)2/h3-9H,1-2H3. The molecule has 0 N–H and O–H groups in total. The second-order valence-electron chi connectivity index (χ2n) is 4.45. The summed E-state index contributed by atoms with van der Waals surface area (Å²) in [6, 6.07) is 9.51. The highest BCUT2D eigenvalue weighted by Gasteiger charge is 2.11. The summed E-state index contributed by atoms with van der Waals surface area (Å²) in [4.78, 5) is 21.1. The zero-order valence-electron chi connectivity index (χ0n) is 11.1. The molecular weight excluding hydrogens is 258 g/mol. The van der Waals surface area contributed by atoms with Crippen molar-refractivity contribution in [3.8, 4) is 11.5 Å². The van der Waals surface area contributed by atoms with E-state index in [-0.39, 0.29) is 5.69 Å². The molecule has 0 radical (unpaired) electrons. The summed E-state index contributed by atoms with van der Waals surface area (Å²) in [5, 5.41) is 10.8. The fourth-order valence-electron chi connectivity index (χ4n) is 1.73. The van der Waals surface area contributed by atoms with Gasteiger partial charge in [0.1, 0.15) is 17.8 Å². The first-order chi connectivity index (χ1) is 9.51. The summed E-state index contributed by atoms with van der Waals surface area (Å²) >= 11 is 0. The Bertz CT molecular complexity index is 680. The molecule has 0 aromatic heterocycles. The number of nitrogens with zero attached hydrogens (tertiary/aromatic N) is 1. The smallest absolute Gasteiger partial charge is 0.273 e. The van der Waals surface area contributed by atoms with Crippen molar-refractivity contribution in [2.75, 3.05) is 0 Å². The summed E-state index contributed by atoms with van der Waals surface area (Å²) in [5.41, 5.74) is 2.09. The van der Waals surface area contributed by atoms with E-state index in [1.807, 2.05) is 6.92 Å². The number of rotatable bonds is 4. The Labute approximate surface area is 116 Å². The Morgan fingerprint density at radius 2 is 1.65 bits per heavy atom. The maximum atomic E-state index is 10.8. The van der Waals surface area contributed by atoms with Crippen molar-refractivity contribution in [2.45, 2.75) is 13.8 Å². The van der Waals surface area contributed by atoms with Crippen LogP contribution in [-0.4, -0.2) is 11.2 Å². The molecule has 5 nitrogen and oxygen atoms in total. The third kappa shape index (κ3) is 2.83. The van der Waals surface area contributed by atoms with E-state index in [2.05, 4.69) is 0 Å². The lowest BCUT2D eigenvalue weighted by Gasteiger charge is -2.11. The van der Waals surface area contributed by atoms with Crippen LogP contribution in [0.4, 0.5) is 5.69 Å². The predicted molar refractivity (Wildman–Crippen MR) is 74.5 cm³/mol. The number of aldehydes is 1. The highest BCUT2D eigenvalue weighted by atomic mass is 16.6. The average molecular weight is 271 g/mol. The third-order valence-electron chi connectivity index (χ3n) is 2.95. The molecule has 0 saturated carbocycles. The van der Waals surface area contributed by atoms with Gasteiger partial charge in [-0.1, -0.05) is 12.1 Å². The van der Waals surface area contributed by atoms with Crippen LogP contribution >= 0.6 is 0 Å². The summed E-state index contributed by atoms with van der Waals surface area (Å²) in [5.74, 6) is 0.920. The monoisotopic (exact) mass is 271 g/mol. The molecule has 0 unspecified atom stereocenters. The van der Waals surface area contributed by atoms with Gasteiger partial charge >= 0.3 is 0 Å². The summed E-state index contributed by atoms with van der Waals surface area (Å²) in [6.07, 6.45) is 0.729. The van der Waals surface area contributed by atoms with Gasteiger partial charge in [0.05, 0.1) is 11.0 Å². The second kappa shape index (κ2) is 5.52. The van der Waals surface area contributed by atoms with Crippen molar-refractivity contribution in [3.05, 3.63) is 63.2 Å². The number of carbonyl (C=O) groups is 1. The molecule has 0 atom stereocenters. The van der Waals surface area contributed by atoms with Crippen LogP contribution in [0.25, 0.3) is 0 Å². The Balaban J connectivity index is 2.41. The van der Waals surface area contributed by atoms with E-state index >= 15 is 0 Å². The predicted octanol–water partition coefficient (Wildman–Crippen LogP) is 3.82. The van der Waals surface area contributed by atoms with Crippen molar-refractivity contribution in [1.29, 1.82) is 0 Å². The first kappa shape index (κ1) is 13.7. The Morgan fingerprint density at radius 1 is 1.05 bits per heavy atom. The van der Waals surface area contributed by atoms with Gasteiger partial charge in [-0.25, -0.2) is 0 Å². The molecule has 0 aliphatic carbocycles. The van der Waals surface area contributed by atoms with Gasteiger partial charge in [-0.2, -0.15) is 0 Å². The summed E-state index contributed by atoms with van der Waals surface area (Å²) in [7, 11) is 0. The van der Waals surface area contributed by atoms with E-state index in [4.69, 9.17) is 4.74 Å². The Morgan fingerprint density at radius 3 is 2.25 bits per heavy atom. The van der Waals surface area contributed by atoms with Crippen LogP contribution in [0.15, 0.2) is 36.4 Å². The fraction of sp³-hybridized carbons (Fsp3) is 0.133. The number of benzene rings is 2. The molecule has 0 fully saturated rings. The fourth-order valence-corrected chi connectivity index (χ4v) is 1.73. The molecule has 102 valence electrons. The molecule has 0 heterocycles. The lowest BCUT2D eigenvalue weighted by atomic mass is 10.1. The minimum Gasteiger partial charge on any atom is -0.457 e. The van der Waals surface area contributed by atoms with Gasteiger partial charge in [0, 0.05) is 11.6 Å². The number of hydrogen-bond acceptors (Lipinski definition) is 4. The Kier molecular flexibility index (Phi) is 3.79. The van der Waals surface area contributed by atoms with Crippen LogP contribution in [-0.2, 0) is 0 Å². The van der Waals surface area contributed by atoms with E-state index < -0.39 is 4.92 Å². The number of non-ortho nitro benzene ring substituents is 1. The molecule has 0 aliphatic heterocycles. The van der Waals surface area contributed by atoms with E-state index in [0.29, 0.717) is 17.1 Å². The van der Waals surface area contributed by atoms with Gasteiger partial charge in [0.25, 0.3) is 5.69 Å². The van der Waals surface area contributed by atoms with Gasteiger partial charge in [0.15, 0.2) is 0 Å². The number of ether oxygens (including phenoxy) is 1. The molecule has 0 saturated heterocycles. The molecule has 2 rings (SSSR count). The van der Waals surface area contributed by atoms with E-state index in [1.165, 1.54) is 12.1 Å². The van der Waals surface area contributed by atoms with Gasteiger partial charge in [0.2, 0.25) is 0 Å². The van der Waals surface area contributed by atoms with Crippen LogP contribution in [0.2, 0.25) is 0 Å². The zero-order valence-corrected chi connectivity index (χ0v) is 11.1.